The van der Waals surface area contributed by atoms with E-state index in [1.54, 1.807) is 18.2 Å². The summed E-state index contributed by atoms with van der Waals surface area (Å²) < 4.78 is 50.1. The van der Waals surface area contributed by atoms with Crippen LogP contribution in [0.5, 0.6) is 5.75 Å². The first-order chi connectivity index (χ1) is 20.7. The van der Waals surface area contributed by atoms with Gasteiger partial charge in [-0.05, 0) is 60.2 Å². The Kier molecular flexibility index (Phi) is 8.41. The molecular formula is C30H26F3N5O5. The smallest absolute Gasteiger partial charge is 0.387 e. The molecule has 0 unspecified atom stereocenters. The molecule has 0 spiro atoms. The summed E-state index contributed by atoms with van der Waals surface area (Å²) >= 11 is 0. The van der Waals surface area contributed by atoms with Gasteiger partial charge in [0, 0.05) is 12.6 Å². The van der Waals surface area contributed by atoms with Crippen molar-refractivity contribution in [2.24, 2.45) is 0 Å². The van der Waals surface area contributed by atoms with Gasteiger partial charge < -0.3 is 20.1 Å². The van der Waals surface area contributed by atoms with E-state index in [0.717, 1.165) is 27.4 Å². The van der Waals surface area contributed by atoms with E-state index in [9.17, 15) is 27.6 Å². The van der Waals surface area contributed by atoms with E-state index >= 15 is 0 Å². The van der Waals surface area contributed by atoms with Crippen LogP contribution in [0.15, 0.2) is 61.3 Å². The van der Waals surface area contributed by atoms with E-state index in [-0.39, 0.29) is 35.9 Å². The Bertz CT molecular complexity index is 1740. The van der Waals surface area contributed by atoms with Crippen LogP contribution in [0.2, 0.25) is 0 Å². The number of esters is 1. The minimum Gasteiger partial charge on any atom is -0.458 e. The summed E-state index contributed by atoms with van der Waals surface area (Å²) in [5.41, 5.74) is 2.71. The Morgan fingerprint density at radius 3 is 2.77 bits per heavy atom. The molecular weight excluding hydrogens is 567 g/mol. The summed E-state index contributed by atoms with van der Waals surface area (Å²) in [6.07, 6.45) is 3.52. The molecule has 0 radical (unpaired) electrons. The average molecular weight is 594 g/mol. The van der Waals surface area contributed by atoms with Crippen molar-refractivity contribution in [1.29, 1.82) is 0 Å². The zero-order chi connectivity index (χ0) is 30.7. The molecule has 10 nitrogen and oxygen atoms in total. The number of ether oxygens (including phenoxy) is 2. The molecule has 2 amide bonds. The number of fused-ring (bicyclic) bond motifs is 2. The van der Waals surface area contributed by atoms with Crippen molar-refractivity contribution in [3.05, 3.63) is 106 Å². The number of rotatable bonds is 10. The molecule has 5 rings (SSSR count). The van der Waals surface area contributed by atoms with Gasteiger partial charge in [0.25, 0.3) is 11.8 Å². The first-order valence-electron chi connectivity index (χ1n) is 13.2. The van der Waals surface area contributed by atoms with Crippen LogP contribution >= 0.6 is 0 Å². The van der Waals surface area contributed by atoms with Crippen LogP contribution in [0.3, 0.4) is 0 Å². The van der Waals surface area contributed by atoms with Crippen molar-refractivity contribution in [2.75, 3.05) is 6.61 Å². The van der Waals surface area contributed by atoms with E-state index in [2.05, 4.69) is 32.0 Å². The summed E-state index contributed by atoms with van der Waals surface area (Å²) in [4.78, 5) is 42.9. The van der Waals surface area contributed by atoms with Crippen molar-refractivity contribution in [2.45, 2.75) is 39.0 Å². The molecule has 0 saturated carbocycles. The summed E-state index contributed by atoms with van der Waals surface area (Å²) in [5, 5.41) is 9.42. The number of amides is 2. The number of carbonyl (C=O) groups excluding carboxylic acids is 3. The number of hydrogen-bond donors (Lipinski definition) is 2. The van der Waals surface area contributed by atoms with E-state index in [0.29, 0.717) is 24.0 Å². The fraction of sp³-hybridized carbons (Fsp3) is 0.233. The predicted molar refractivity (Wildman–Crippen MR) is 147 cm³/mol. The van der Waals surface area contributed by atoms with Crippen molar-refractivity contribution in [3.8, 4) is 5.75 Å². The van der Waals surface area contributed by atoms with Gasteiger partial charge >= 0.3 is 12.6 Å². The van der Waals surface area contributed by atoms with Crippen molar-refractivity contribution in [3.63, 3.8) is 0 Å². The van der Waals surface area contributed by atoms with Crippen LogP contribution in [0.4, 0.5) is 13.2 Å². The van der Waals surface area contributed by atoms with Gasteiger partial charge in [-0.2, -0.15) is 13.9 Å². The first kappa shape index (κ1) is 29.3. The fourth-order valence-corrected chi connectivity index (χ4v) is 5.01. The standard InChI is InChI=1S/C30H26F3N5O5/c1-3-11-42-29(41)20-7-8-21-19(16(20)2)9-10-23(21)37-28(40)25-13-24(36-26-22(31)15-35-38(25)26)27(39)34-14-17-5-4-6-18(12-17)43-30(32)33/h3-8,12-13,15,23,30H,1,9-11,14H2,2H3,(H,34,39)(H,37,40)/t23-/m0/s1. The Balaban J connectivity index is 1.35. The monoisotopic (exact) mass is 593 g/mol. The minimum absolute atomic E-state index is 0.0727. The molecule has 1 aliphatic carbocycles. The lowest BCUT2D eigenvalue weighted by Crippen LogP contribution is -2.30. The maximum absolute atomic E-state index is 14.5. The van der Waals surface area contributed by atoms with Gasteiger partial charge in [-0.25, -0.2) is 18.7 Å². The number of aromatic nitrogens is 3. The SMILES string of the molecule is C=CCOC(=O)c1ccc2c(c1C)CC[C@@H]2NC(=O)c1cc(C(=O)NCc2cccc(OC(F)F)c2)nc2c(F)cnn12. The second-order valence-electron chi connectivity index (χ2n) is 9.72. The van der Waals surface area contributed by atoms with Crippen LogP contribution in [0.25, 0.3) is 5.65 Å². The van der Waals surface area contributed by atoms with Crippen LogP contribution in [0, 0.1) is 12.7 Å². The molecule has 0 fully saturated rings. The lowest BCUT2D eigenvalue weighted by molar-refractivity contribution is -0.0499. The maximum atomic E-state index is 14.5. The maximum Gasteiger partial charge on any atom is 0.387 e. The Labute approximate surface area is 243 Å². The average Bonchev–Trinajstić information content (AvgIpc) is 3.57. The highest BCUT2D eigenvalue weighted by molar-refractivity contribution is 5.98. The van der Waals surface area contributed by atoms with Crippen LogP contribution in [-0.4, -0.2) is 45.6 Å². The molecule has 1 atom stereocenters. The molecule has 0 saturated heterocycles. The fourth-order valence-electron chi connectivity index (χ4n) is 5.01. The number of nitrogens with zero attached hydrogens (tertiary/aromatic N) is 3. The second kappa shape index (κ2) is 12.3. The topological polar surface area (TPSA) is 124 Å². The molecule has 1 aliphatic rings. The number of alkyl halides is 2. The Morgan fingerprint density at radius 1 is 1.19 bits per heavy atom. The van der Waals surface area contributed by atoms with Crippen molar-refractivity contribution < 1.29 is 37.0 Å². The first-order valence-corrected chi connectivity index (χ1v) is 13.2. The highest BCUT2D eigenvalue weighted by atomic mass is 19.3. The highest BCUT2D eigenvalue weighted by Crippen LogP contribution is 2.35. The summed E-state index contributed by atoms with van der Waals surface area (Å²) in [6.45, 7) is 2.38. The summed E-state index contributed by atoms with van der Waals surface area (Å²) in [5.74, 6) is -2.72. The normalized spacial score (nSPS) is 13.9. The van der Waals surface area contributed by atoms with Crippen LogP contribution in [0.1, 0.15) is 66.1 Å². The molecule has 43 heavy (non-hydrogen) atoms. The van der Waals surface area contributed by atoms with Gasteiger partial charge in [-0.3, -0.25) is 9.59 Å². The van der Waals surface area contributed by atoms with Gasteiger partial charge in [0.05, 0.1) is 17.8 Å². The molecule has 2 heterocycles. The zero-order valence-electron chi connectivity index (χ0n) is 22.9. The molecule has 2 aromatic carbocycles. The predicted octanol–water partition coefficient (Wildman–Crippen LogP) is 4.47. The van der Waals surface area contributed by atoms with Gasteiger partial charge in [-0.1, -0.05) is 30.9 Å². The van der Waals surface area contributed by atoms with E-state index in [1.165, 1.54) is 30.3 Å². The summed E-state index contributed by atoms with van der Waals surface area (Å²) in [6, 6.07) is 9.97. The molecule has 0 aliphatic heterocycles. The molecule has 222 valence electrons. The van der Waals surface area contributed by atoms with E-state index in [1.807, 2.05) is 6.92 Å². The minimum atomic E-state index is -3.00. The molecule has 2 aromatic heterocycles. The number of benzene rings is 2. The third-order valence-corrected chi connectivity index (χ3v) is 7.02. The van der Waals surface area contributed by atoms with E-state index < -0.39 is 36.3 Å². The highest BCUT2D eigenvalue weighted by Gasteiger charge is 2.29. The number of carbonyl (C=O) groups is 3. The number of nitrogens with one attached hydrogen (secondary N) is 2. The molecule has 0 bridgehead atoms. The lowest BCUT2D eigenvalue weighted by Gasteiger charge is -2.16. The summed E-state index contributed by atoms with van der Waals surface area (Å²) in [7, 11) is 0. The van der Waals surface area contributed by atoms with Crippen LogP contribution in [-0.2, 0) is 17.7 Å². The molecule has 4 aromatic rings. The van der Waals surface area contributed by atoms with Crippen molar-refractivity contribution in [1.82, 2.24) is 25.2 Å². The lowest BCUT2D eigenvalue weighted by atomic mass is 9.98. The van der Waals surface area contributed by atoms with Gasteiger partial charge in [0.2, 0.25) is 0 Å². The zero-order valence-corrected chi connectivity index (χ0v) is 22.9. The second-order valence-corrected chi connectivity index (χ2v) is 9.72. The third kappa shape index (κ3) is 6.20. The third-order valence-electron chi connectivity index (χ3n) is 7.02. The molecule has 13 heteroatoms. The van der Waals surface area contributed by atoms with Gasteiger partial charge in [-0.15, -0.1) is 0 Å². The van der Waals surface area contributed by atoms with E-state index in [4.69, 9.17) is 4.74 Å². The van der Waals surface area contributed by atoms with Crippen molar-refractivity contribution >= 4 is 23.4 Å². The number of hydrogen-bond acceptors (Lipinski definition) is 7. The Hall–Kier alpha value is -5.20. The van der Waals surface area contributed by atoms with Crippen LogP contribution < -0.4 is 15.4 Å². The van der Waals surface area contributed by atoms with Gasteiger partial charge in [0.1, 0.15) is 23.7 Å². The quantitative estimate of drug-likeness (QED) is 0.205. The molecule has 2 N–H and O–H groups in total. The van der Waals surface area contributed by atoms with Gasteiger partial charge in [0.15, 0.2) is 11.5 Å². The largest absolute Gasteiger partial charge is 0.458 e. The Morgan fingerprint density at radius 2 is 2.00 bits per heavy atom. The number of halogens is 3.